The number of allylic oxidation sites excluding steroid dienone is 2. The number of ether oxygens (including phenoxy) is 2. The second-order valence-corrected chi connectivity index (χ2v) is 4.09. The zero-order valence-electron chi connectivity index (χ0n) is 11.7. The largest absolute Gasteiger partial charge is 0.507 e. The lowest BCUT2D eigenvalue weighted by molar-refractivity contribution is -0.140. The molecule has 0 amide bonds. The summed E-state index contributed by atoms with van der Waals surface area (Å²) in [4.78, 5) is 23.7. The first-order valence-electron chi connectivity index (χ1n) is 6.32. The third-order valence-corrected chi connectivity index (χ3v) is 2.81. The first-order valence-corrected chi connectivity index (χ1v) is 6.32. The van der Waals surface area contributed by atoms with Crippen LogP contribution in [0.2, 0.25) is 0 Å². The fraction of sp³-hybridized carbons (Fsp3) is 0.429. The minimum Gasteiger partial charge on any atom is -0.507 e. The molecule has 20 heavy (non-hydrogen) atoms. The van der Waals surface area contributed by atoms with Crippen molar-refractivity contribution in [2.24, 2.45) is 5.92 Å². The Kier molecular flexibility index (Phi) is 5.37. The Morgan fingerprint density at radius 3 is 1.65 bits per heavy atom. The van der Waals surface area contributed by atoms with Crippen molar-refractivity contribution in [1.82, 2.24) is 0 Å². The van der Waals surface area contributed by atoms with Crippen LogP contribution in [-0.4, -0.2) is 35.4 Å². The van der Waals surface area contributed by atoms with Crippen LogP contribution >= 0.6 is 0 Å². The fourth-order valence-corrected chi connectivity index (χ4v) is 1.91. The first kappa shape index (κ1) is 15.8. The molecule has 1 aliphatic carbocycles. The molecule has 0 bridgehead atoms. The molecule has 0 heterocycles. The van der Waals surface area contributed by atoms with Crippen LogP contribution in [0.4, 0.5) is 0 Å². The number of aliphatic hydroxyl groups is 2. The van der Waals surface area contributed by atoms with E-state index < -0.39 is 17.9 Å². The van der Waals surface area contributed by atoms with Crippen molar-refractivity contribution < 1.29 is 29.3 Å². The molecule has 0 aromatic rings. The highest BCUT2D eigenvalue weighted by Crippen LogP contribution is 2.30. The van der Waals surface area contributed by atoms with Crippen LogP contribution in [0.1, 0.15) is 20.8 Å². The van der Waals surface area contributed by atoms with E-state index in [1.165, 1.54) is 6.92 Å². The molecule has 0 aliphatic heterocycles. The molecule has 0 aromatic heterocycles. The van der Waals surface area contributed by atoms with Gasteiger partial charge in [0.25, 0.3) is 0 Å². The lowest BCUT2D eigenvalue weighted by atomic mass is 9.92. The Balaban J connectivity index is 3.25. The fourth-order valence-electron chi connectivity index (χ4n) is 1.91. The SMILES string of the molecule is CCOC(=O)C1=C(O)C=CC(O)=C(C(=O)OCC)C1C. The van der Waals surface area contributed by atoms with E-state index in [1.54, 1.807) is 13.8 Å². The van der Waals surface area contributed by atoms with Gasteiger partial charge in [-0.1, -0.05) is 6.92 Å². The summed E-state index contributed by atoms with van der Waals surface area (Å²) in [5.74, 6) is -3.01. The zero-order valence-corrected chi connectivity index (χ0v) is 11.7. The summed E-state index contributed by atoms with van der Waals surface area (Å²) in [7, 11) is 0. The molecule has 110 valence electrons. The highest BCUT2D eigenvalue weighted by molar-refractivity contribution is 5.97. The average molecular weight is 282 g/mol. The number of carbonyl (C=O) groups excluding carboxylic acids is 2. The summed E-state index contributed by atoms with van der Waals surface area (Å²) in [6, 6.07) is 0. The minimum absolute atomic E-state index is 0.0878. The Hall–Kier alpha value is -2.24. The Morgan fingerprint density at radius 2 is 1.35 bits per heavy atom. The molecule has 0 spiro atoms. The molecule has 0 unspecified atom stereocenters. The minimum atomic E-state index is -0.844. The molecule has 1 rings (SSSR count). The van der Waals surface area contributed by atoms with Crippen LogP contribution < -0.4 is 0 Å². The number of hydrogen-bond acceptors (Lipinski definition) is 6. The van der Waals surface area contributed by atoms with Gasteiger partial charge in [0.1, 0.15) is 11.5 Å². The third kappa shape index (κ3) is 3.20. The molecule has 0 aromatic carbocycles. The summed E-state index contributed by atoms with van der Waals surface area (Å²) in [6.45, 7) is 5.05. The second kappa shape index (κ2) is 6.79. The highest BCUT2D eigenvalue weighted by atomic mass is 16.5. The third-order valence-electron chi connectivity index (χ3n) is 2.81. The van der Waals surface area contributed by atoms with Gasteiger partial charge in [0.15, 0.2) is 0 Å². The van der Waals surface area contributed by atoms with Gasteiger partial charge in [0.2, 0.25) is 0 Å². The lowest BCUT2D eigenvalue weighted by Crippen LogP contribution is -2.22. The van der Waals surface area contributed by atoms with Crippen molar-refractivity contribution in [2.45, 2.75) is 20.8 Å². The number of hydrogen-bond donors (Lipinski definition) is 2. The number of aliphatic hydroxyl groups excluding tert-OH is 2. The summed E-state index contributed by atoms with van der Waals surface area (Å²) in [6.07, 6.45) is 2.29. The Bertz CT molecular complexity index is 454. The van der Waals surface area contributed by atoms with Crippen molar-refractivity contribution in [3.63, 3.8) is 0 Å². The van der Waals surface area contributed by atoms with Gasteiger partial charge in [0.05, 0.1) is 24.4 Å². The van der Waals surface area contributed by atoms with Gasteiger partial charge in [-0.25, -0.2) is 9.59 Å². The molecule has 6 nitrogen and oxygen atoms in total. The molecule has 0 radical (unpaired) electrons. The van der Waals surface area contributed by atoms with E-state index in [-0.39, 0.29) is 35.9 Å². The van der Waals surface area contributed by atoms with Crippen molar-refractivity contribution in [2.75, 3.05) is 13.2 Å². The van der Waals surface area contributed by atoms with Crippen molar-refractivity contribution in [3.8, 4) is 0 Å². The summed E-state index contributed by atoms with van der Waals surface area (Å²) < 4.78 is 9.71. The maximum absolute atomic E-state index is 11.9. The zero-order chi connectivity index (χ0) is 15.3. The van der Waals surface area contributed by atoms with Crippen molar-refractivity contribution >= 4 is 11.9 Å². The van der Waals surface area contributed by atoms with E-state index in [0.29, 0.717) is 0 Å². The van der Waals surface area contributed by atoms with Crippen molar-refractivity contribution in [3.05, 3.63) is 34.8 Å². The van der Waals surface area contributed by atoms with Gasteiger partial charge >= 0.3 is 11.9 Å². The molecular weight excluding hydrogens is 264 g/mol. The standard InChI is InChI=1S/C14H18O6/c1-4-19-13(17)11-8(3)12(14(18)20-5-2)10(16)7-6-9(11)15/h6-8,15-16H,4-5H2,1-3H3. The van der Waals surface area contributed by atoms with E-state index in [4.69, 9.17) is 9.47 Å². The predicted octanol–water partition coefficient (Wildman–Crippen LogP) is 1.94. The van der Waals surface area contributed by atoms with Gasteiger partial charge in [-0.05, 0) is 26.0 Å². The predicted molar refractivity (Wildman–Crippen MR) is 70.9 cm³/mol. The number of esters is 2. The first-order chi connectivity index (χ1) is 9.43. The number of rotatable bonds is 4. The lowest BCUT2D eigenvalue weighted by Gasteiger charge is -2.17. The maximum Gasteiger partial charge on any atom is 0.338 e. The molecule has 6 heteroatoms. The monoisotopic (exact) mass is 282 g/mol. The Labute approximate surface area is 117 Å². The van der Waals surface area contributed by atoms with Crippen LogP contribution in [0.3, 0.4) is 0 Å². The normalized spacial score (nSPS) is 16.1. The van der Waals surface area contributed by atoms with Crippen LogP contribution in [0, 0.1) is 5.92 Å². The van der Waals surface area contributed by atoms with Gasteiger partial charge in [0, 0.05) is 5.92 Å². The van der Waals surface area contributed by atoms with Gasteiger partial charge < -0.3 is 19.7 Å². The van der Waals surface area contributed by atoms with Gasteiger partial charge in [-0.15, -0.1) is 0 Å². The summed E-state index contributed by atoms with van der Waals surface area (Å²) in [5, 5.41) is 19.7. The van der Waals surface area contributed by atoms with Crippen LogP contribution in [0.5, 0.6) is 0 Å². The summed E-state index contributed by atoms with van der Waals surface area (Å²) in [5.41, 5.74) is -0.176. The number of carbonyl (C=O) groups is 2. The van der Waals surface area contributed by atoms with Gasteiger partial charge in [-0.3, -0.25) is 0 Å². The quantitative estimate of drug-likeness (QED) is 0.765. The molecule has 0 fully saturated rings. The molecule has 0 saturated carbocycles. The van der Waals surface area contributed by atoms with Crippen LogP contribution in [-0.2, 0) is 19.1 Å². The van der Waals surface area contributed by atoms with Crippen molar-refractivity contribution in [1.29, 1.82) is 0 Å². The highest BCUT2D eigenvalue weighted by Gasteiger charge is 2.33. The topological polar surface area (TPSA) is 93.1 Å². The second-order valence-electron chi connectivity index (χ2n) is 4.09. The Morgan fingerprint density at radius 1 is 1.00 bits per heavy atom. The van der Waals surface area contributed by atoms with Crippen LogP contribution in [0.25, 0.3) is 0 Å². The van der Waals surface area contributed by atoms with Gasteiger partial charge in [-0.2, -0.15) is 0 Å². The van der Waals surface area contributed by atoms with E-state index in [0.717, 1.165) is 12.2 Å². The van der Waals surface area contributed by atoms with E-state index in [2.05, 4.69) is 0 Å². The van der Waals surface area contributed by atoms with E-state index in [1.807, 2.05) is 0 Å². The summed E-state index contributed by atoms with van der Waals surface area (Å²) >= 11 is 0. The molecular formula is C14H18O6. The molecule has 0 saturated heterocycles. The van der Waals surface area contributed by atoms with E-state index in [9.17, 15) is 19.8 Å². The van der Waals surface area contributed by atoms with E-state index >= 15 is 0 Å². The molecule has 0 atom stereocenters. The molecule has 1 aliphatic rings. The molecule has 2 N–H and O–H groups in total. The average Bonchev–Trinajstić information content (AvgIpc) is 2.47. The maximum atomic E-state index is 11.9. The van der Waals surface area contributed by atoms with Crippen LogP contribution in [0.15, 0.2) is 34.8 Å². The smallest absolute Gasteiger partial charge is 0.338 e.